The number of nitrogens with one attached hydrogen (secondary N) is 1. The first-order valence-electron chi connectivity index (χ1n) is 8.50. The molecule has 1 saturated carbocycles. The topological polar surface area (TPSA) is 18.5 Å². The standard InChI is InChI=1S/C16H29N3S/c1-18-11-8-14(9-12-18)17-16(20)19-10-4-7-15(19)13-5-2-3-6-13/h13-15H,2-12H2,1H3,(H,17,20). The van der Waals surface area contributed by atoms with Crippen LogP contribution in [0.15, 0.2) is 0 Å². The van der Waals surface area contributed by atoms with Gasteiger partial charge < -0.3 is 15.1 Å². The molecule has 2 heterocycles. The molecule has 1 unspecified atom stereocenters. The van der Waals surface area contributed by atoms with E-state index >= 15 is 0 Å². The van der Waals surface area contributed by atoms with Gasteiger partial charge in [-0.3, -0.25) is 0 Å². The van der Waals surface area contributed by atoms with Gasteiger partial charge >= 0.3 is 0 Å². The Hall–Kier alpha value is -0.350. The summed E-state index contributed by atoms with van der Waals surface area (Å²) in [5.41, 5.74) is 0. The second-order valence-electron chi connectivity index (χ2n) is 6.97. The van der Waals surface area contributed by atoms with E-state index < -0.39 is 0 Å². The Kier molecular flexibility index (Phi) is 4.82. The monoisotopic (exact) mass is 295 g/mol. The molecule has 3 aliphatic rings. The van der Waals surface area contributed by atoms with Crippen LogP contribution >= 0.6 is 12.2 Å². The van der Waals surface area contributed by atoms with Crippen molar-refractivity contribution in [2.24, 2.45) is 5.92 Å². The lowest BCUT2D eigenvalue weighted by molar-refractivity contribution is 0.236. The number of thiocarbonyl (C=S) groups is 1. The highest BCUT2D eigenvalue weighted by Gasteiger charge is 2.35. The lowest BCUT2D eigenvalue weighted by atomic mass is 9.96. The Labute approximate surface area is 129 Å². The molecule has 1 atom stereocenters. The quantitative estimate of drug-likeness (QED) is 0.789. The minimum Gasteiger partial charge on any atom is -0.360 e. The molecule has 3 fully saturated rings. The van der Waals surface area contributed by atoms with Crippen molar-refractivity contribution in [3.63, 3.8) is 0 Å². The van der Waals surface area contributed by atoms with Gasteiger partial charge in [-0.25, -0.2) is 0 Å². The lowest BCUT2D eigenvalue weighted by Crippen LogP contribution is -2.50. The Morgan fingerprint density at radius 1 is 0.950 bits per heavy atom. The average Bonchev–Trinajstić information content (AvgIpc) is 3.11. The third-order valence-corrected chi connectivity index (χ3v) is 5.90. The predicted molar refractivity (Wildman–Crippen MR) is 87.9 cm³/mol. The molecule has 2 aliphatic heterocycles. The molecule has 0 aromatic heterocycles. The Morgan fingerprint density at radius 3 is 2.35 bits per heavy atom. The van der Waals surface area contributed by atoms with E-state index in [-0.39, 0.29) is 0 Å². The molecule has 2 saturated heterocycles. The highest BCUT2D eigenvalue weighted by molar-refractivity contribution is 7.80. The van der Waals surface area contributed by atoms with E-state index in [2.05, 4.69) is 22.2 Å². The third-order valence-electron chi connectivity index (χ3n) is 5.55. The maximum absolute atomic E-state index is 5.74. The molecular weight excluding hydrogens is 266 g/mol. The minimum absolute atomic E-state index is 0.600. The summed E-state index contributed by atoms with van der Waals surface area (Å²) in [6.07, 6.45) is 10.9. The highest BCUT2D eigenvalue weighted by Crippen LogP contribution is 2.35. The summed E-state index contributed by atoms with van der Waals surface area (Å²) in [7, 11) is 2.21. The van der Waals surface area contributed by atoms with E-state index in [1.807, 2.05) is 0 Å². The van der Waals surface area contributed by atoms with E-state index in [0.29, 0.717) is 6.04 Å². The Morgan fingerprint density at radius 2 is 1.65 bits per heavy atom. The second-order valence-corrected chi connectivity index (χ2v) is 7.36. The SMILES string of the molecule is CN1CCC(NC(=S)N2CCCC2C2CCCC2)CC1. The number of piperidine rings is 1. The molecule has 3 rings (SSSR count). The molecule has 0 aromatic carbocycles. The second kappa shape index (κ2) is 6.61. The zero-order valence-corrected chi connectivity index (χ0v) is 13.6. The fraction of sp³-hybridized carbons (Fsp3) is 0.938. The van der Waals surface area contributed by atoms with Gasteiger partial charge in [-0.15, -0.1) is 0 Å². The fourth-order valence-corrected chi connectivity index (χ4v) is 4.68. The molecule has 3 nitrogen and oxygen atoms in total. The average molecular weight is 295 g/mol. The maximum Gasteiger partial charge on any atom is 0.169 e. The van der Waals surface area contributed by atoms with Crippen LogP contribution in [0.2, 0.25) is 0 Å². The first kappa shape index (κ1) is 14.6. The van der Waals surface area contributed by atoms with Crippen LogP contribution in [0.4, 0.5) is 0 Å². The van der Waals surface area contributed by atoms with Crippen molar-refractivity contribution >= 4 is 17.3 Å². The van der Waals surface area contributed by atoms with Crippen LogP contribution in [0.5, 0.6) is 0 Å². The largest absolute Gasteiger partial charge is 0.360 e. The van der Waals surface area contributed by atoms with Crippen LogP contribution in [-0.2, 0) is 0 Å². The van der Waals surface area contributed by atoms with Crippen molar-refractivity contribution < 1.29 is 0 Å². The maximum atomic E-state index is 5.74. The summed E-state index contributed by atoms with van der Waals surface area (Å²) >= 11 is 5.74. The van der Waals surface area contributed by atoms with Gasteiger partial charge in [-0.1, -0.05) is 12.8 Å². The van der Waals surface area contributed by atoms with Crippen molar-refractivity contribution in [3.05, 3.63) is 0 Å². The smallest absolute Gasteiger partial charge is 0.169 e. The summed E-state index contributed by atoms with van der Waals surface area (Å²) in [6.45, 7) is 3.58. The van der Waals surface area contributed by atoms with Crippen molar-refractivity contribution in [1.29, 1.82) is 0 Å². The summed E-state index contributed by atoms with van der Waals surface area (Å²) in [6, 6.07) is 1.34. The number of hydrogen-bond donors (Lipinski definition) is 1. The summed E-state index contributed by atoms with van der Waals surface area (Å²) < 4.78 is 0. The summed E-state index contributed by atoms with van der Waals surface area (Å²) in [5.74, 6) is 0.912. The van der Waals surface area contributed by atoms with Gasteiger partial charge in [-0.05, 0) is 76.8 Å². The zero-order chi connectivity index (χ0) is 13.9. The van der Waals surface area contributed by atoms with E-state index in [1.165, 1.54) is 71.0 Å². The molecule has 20 heavy (non-hydrogen) atoms. The molecule has 1 N–H and O–H groups in total. The lowest BCUT2D eigenvalue weighted by Gasteiger charge is -2.36. The molecule has 4 heteroatoms. The molecule has 1 aliphatic carbocycles. The number of rotatable bonds is 2. The van der Waals surface area contributed by atoms with Crippen LogP contribution in [0.25, 0.3) is 0 Å². The van der Waals surface area contributed by atoms with E-state index in [0.717, 1.165) is 17.1 Å². The van der Waals surface area contributed by atoms with Gasteiger partial charge in [0, 0.05) is 18.6 Å². The van der Waals surface area contributed by atoms with Gasteiger partial charge in [0.05, 0.1) is 0 Å². The van der Waals surface area contributed by atoms with Gasteiger partial charge in [0.1, 0.15) is 0 Å². The number of nitrogens with zero attached hydrogens (tertiary/aromatic N) is 2. The van der Waals surface area contributed by atoms with E-state index in [1.54, 1.807) is 0 Å². The van der Waals surface area contributed by atoms with Crippen molar-refractivity contribution in [1.82, 2.24) is 15.1 Å². The Balaban J connectivity index is 1.53. The van der Waals surface area contributed by atoms with Crippen LogP contribution in [-0.4, -0.2) is 53.7 Å². The molecular formula is C16H29N3S. The number of hydrogen-bond acceptors (Lipinski definition) is 2. The van der Waals surface area contributed by atoms with Gasteiger partial charge in [0.2, 0.25) is 0 Å². The zero-order valence-electron chi connectivity index (χ0n) is 12.8. The molecule has 0 aromatic rings. The molecule has 0 spiro atoms. The van der Waals surface area contributed by atoms with Crippen LogP contribution in [0.3, 0.4) is 0 Å². The third kappa shape index (κ3) is 3.28. The van der Waals surface area contributed by atoms with Gasteiger partial charge in [0.15, 0.2) is 5.11 Å². The van der Waals surface area contributed by atoms with Crippen LogP contribution in [0.1, 0.15) is 51.4 Å². The van der Waals surface area contributed by atoms with Crippen molar-refractivity contribution in [2.75, 3.05) is 26.7 Å². The van der Waals surface area contributed by atoms with E-state index in [4.69, 9.17) is 12.2 Å². The molecule has 0 radical (unpaired) electrons. The predicted octanol–water partition coefficient (Wildman–Crippen LogP) is 2.61. The Bertz CT molecular complexity index is 333. The van der Waals surface area contributed by atoms with Crippen LogP contribution < -0.4 is 5.32 Å². The van der Waals surface area contributed by atoms with Crippen molar-refractivity contribution in [2.45, 2.75) is 63.5 Å². The molecule has 114 valence electrons. The first-order chi connectivity index (χ1) is 9.74. The minimum atomic E-state index is 0.600. The summed E-state index contributed by atoms with van der Waals surface area (Å²) in [5, 5.41) is 4.72. The normalized spacial score (nSPS) is 30.1. The van der Waals surface area contributed by atoms with Gasteiger partial charge in [0.25, 0.3) is 0 Å². The number of likely N-dealkylation sites (tertiary alicyclic amines) is 2. The molecule has 0 amide bonds. The van der Waals surface area contributed by atoms with E-state index in [9.17, 15) is 0 Å². The van der Waals surface area contributed by atoms with Crippen LogP contribution in [0, 0.1) is 5.92 Å². The molecule has 0 bridgehead atoms. The van der Waals surface area contributed by atoms with Crippen molar-refractivity contribution in [3.8, 4) is 0 Å². The first-order valence-corrected chi connectivity index (χ1v) is 8.90. The van der Waals surface area contributed by atoms with Gasteiger partial charge in [-0.2, -0.15) is 0 Å². The highest BCUT2D eigenvalue weighted by atomic mass is 32.1. The summed E-state index contributed by atoms with van der Waals surface area (Å²) in [4.78, 5) is 4.95. The fourth-order valence-electron chi connectivity index (χ4n) is 4.29.